The van der Waals surface area contributed by atoms with Gasteiger partial charge in [-0.2, -0.15) is 0 Å². The average molecular weight is 415 g/mol. The van der Waals surface area contributed by atoms with Gasteiger partial charge in [0.15, 0.2) is 12.4 Å². The molecule has 0 aliphatic heterocycles. The molecule has 5 nitrogen and oxygen atoms in total. The average Bonchev–Trinajstić information content (AvgIpc) is 2.79. The number of benzene rings is 3. The number of ether oxygens (including phenoxy) is 1. The first kappa shape index (κ1) is 22.0. The number of rotatable bonds is 7. The first-order chi connectivity index (χ1) is 14.9. The van der Waals surface area contributed by atoms with E-state index in [4.69, 9.17) is 4.74 Å². The lowest BCUT2D eigenvalue weighted by atomic mass is 9.98. The predicted octanol–water partition coefficient (Wildman–Crippen LogP) is 4.57. The highest BCUT2D eigenvalue weighted by Crippen LogP contribution is 2.18. The Hall–Kier alpha value is -3.73. The van der Waals surface area contributed by atoms with E-state index in [2.05, 4.69) is 5.32 Å². The number of amides is 1. The van der Waals surface area contributed by atoms with Gasteiger partial charge in [-0.1, -0.05) is 66.7 Å². The van der Waals surface area contributed by atoms with Crippen LogP contribution in [0, 0.1) is 13.8 Å². The van der Waals surface area contributed by atoms with Gasteiger partial charge in [-0.05, 0) is 43.5 Å². The van der Waals surface area contributed by atoms with Crippen LogP contribution < -0.4 is 5.32 Å². The maximum Gasteiger partial charge on any atom is 0.339 e. The van der Waals surface area contributed by atoms with Crippen LogP contribution in [0.15, 0.2) is 72.8 Å². The van der Waals surface area contributed by atoms with Gasteiger partial charge in [0, 0.05) is 11.1 Å². The van der Waals surface area contributed by atoms with Crippen molar-refractivity contribution in [2.75, 3.05) is 6.61 Å². The molecule has 0 aliphatic carbocycles. The first-order valence-corrected chi connectivity index (χ1v) is 10.1. The third-order valence-electron chi connectivity index (χ3n) is 5.17. The summed E-state index contributed by atoms with van der Waals surface area (Å²) in [5.74, 6) is -1.40. The summed E-state index contributed by atoms with van der Waals surface area (Å²) in [6.45, 7) is 5.49. The number of carbonyl (C=O) groups excluding carboxylic acids is 3. The van der Waals surface area contributed by atoms with Gasteiger partial charge in [0.05, 0.1) is 11.6 Å². The zero-order valence-corrected chi connectivity index (χ0v) is 17.8. The maximum atomic E-state index is 12.8. The molecule has 1 atom stereocenters. The predicted molar refractivity (Wildman–Crippen MR) is 119 cm³/mol. The number of aryl methyl sites for hydroxylation is 2. The number of carbonyl (C=O) groups is 3. The second kappa shape index (κ2) is 9.85. The monoisotopic (exact) mass is 415 g/mol. The molecule has 0 fully saturated rings. The largest absolute Gasteiger partial charge is 0.452 e. The van der Waals surface area contributed by atoms with Crippen LogP contribution in [0.25, 0.3) is 0 Å². The van der Waals surface area contributed by atoms with E-state index in [1.54, 1.807) is 42.5 Å². The molecule has 3 aromatic carbocycles. The lowest BCUT2D eigenvalue weighted by Gasteiger charge is -2.16. The van der Waals surface area contributed by atoms with E-state index in [0.717, 1.165) is 11.1 Å². The molecule has 1 amide bonds. The highest BCUT2D eigenvalue weighted by Gasteiger charge is 2.20. The fourth-order valence-electron chi connectivity index (χ4n) is 3.21. The van der Waals surface area contributed by atoms with Gasteiger partial charge in [0.2, 0.25) is 0 Å². The van der Waals surface area contributed by atoms with E-state index in [0.29, 0.717) is 5.56 Å². The fraction of sp³-hybridized carbons (Fsp3) is 0.192. The van der Waals surface area contributed by atoms with Gasteiger partial charge in [0.1, 0.15) is 0 Å². The molecule has 158 valence electrons. The zero-order chi connectivity index (χ0) is 22.4. The van der Waals surface area contributed by atoms with Crippen molar-refractivity contribution in [3.05, 3.63) is 106 Å². The number of nitrogens with one attached hydrogen (secondary N) is 1. The molecule has 0 bridgehead atoms. The Morgan fingerprint density at radius 3 is 2.16 bits per heavy atom. The minimum Gasteiger partial charge on any atom is -0.452 e. The van der Waals surface area contributed by atoms with Gasteiger partial charge >= 0.3 is 5.97 Å². The van der Waals surface area contributed by atoms with E-state index in [9.17, 15) is 14.4 Å². The lowest BCUT2D eigenvalue weighted by Crippen LogP contribution is -2.31. The van der Waals surface area contributed by atoms with Crippen molar-refractivity contribution < 1.29 is 19.1 Å². The third-order valence-corrected chi connectivity index (χ3v) is 5.17. The van der Waals surface area contributed by atoms with Crippen molar-refractivity contribution in [2.45, 2.75) is 26.8 Å². The summed E-state index contributed by atoms with van der Waals surface area (Å²) < 4.78 is 5.19. The molecule has 31 heavy (non-hydrogen) atoms. The number of ketones is 1. The Bertz CT molecular complexity index is 1110. The SMILES string of the molecule is Cc1ccc([C@@H](C)NC(=O)COC(=O)c2ccccc2C(=O)c2ccccc2)cc1C. The molecule has 1 N–H and O–H groups in total. The molecule has 0 saturated heterocycles. The van der Waals surface area contributed by atoms with Crippen molar-refractivity contribution in [3.8, 4) is 0 Å². The quantitative estimate of drug-likeness (QED) is 0.453. The molecule has 0 spiro atoms. The molecule has 5 heteroatoms. The van der Waals surface area contributed by atoms with Gasteiger partial charge in [0.25, 0.3) is 5.91 Å². The Morgan fingerprint density at radius 1 is 0.839 bits per heavy atom. The van der Waals surface area contributed by atoms with Crippen LogP contribution in [-0.4, -0.2) is 24.3 Å². The van der Waals surface area contributed by atoms with E-state index >= 15 is 0 Å². The highest BCUT2D eigenvalue weighted by molar-refractivity contribution is 6.14. The van der Waals surface area contributed by atoms with E-state index in [-0.39, 0.29) is 23.0 Å². The van der Waals surface area contributed by atoms with E-state index in [1.165, 1.54) is 11.6 Å². The summed E-state index contributed by atoms with van der Waals surface area (Å²) in [5, 5.41) is 2.83. The summed E-state index contributed by atoms with van der Waals surface area (Å²) in [6.07, 6.45) is 0. The molecule has 3 aromatic rings. The van der Waals surface area contributed by atoms with Crippen molar-refractivity contribution in [3.63, 3.8) is 0 Å². The van der Waals surface area contributed by atoms with Gasteiger partial charge in [-0.25, -0.2) is 4.79 Å². The van der Waals surface area contributed by atoms with Crippen LogP contribution >= 0.6 is 0 Å². The Kier molecular flexibility index (Phi) is 6.98. The summed E-state index contributed by atoms with van der Waals surface area (Å²) in [5.41, 5.74) is 4.14. The molecule has 0 unspecified atom stereocenters. The van der Waals surface area contributed by atoms with E-state index in [1.807, 2.05) is 45.0 Å². The Morgan fingerprint density at radius 2 is 1.48 bits per heavy atom. The minimum absolute atomic E-state index is 0.131. The molecule has 0 aromatic heterocycles. The van der Waals surface area contributed by atoms with Crippen LogP contribution in [0.1, 0.15) is 55.9 Å². The zero-order valence-electron chi connectivity index (χ0n) is 17.8. The summed E-state index contributed by atoms with van der Waals surface area (Å²) in [4.78, 5) is 37.7. The molecular weight excluding hydrogens is 390 g/mol. The Labute approximate surface area is 182 Å². The molecule has 0 heterocycles. The first-order valence-electron chi connectivity index (χ1n) is 10.1. The number of hydrogen-bond donors (Lipinski definition) is 1. The van der Waals surface area contributed by atoms with Crippen LogP contribution in [0.2, 0.25) is 0 Å². The number of hydrogen-bond acceptors (Lipinski definition) is 4. The molecule has 0 saturated carbocycles. The Balaban J connectivity index is 1.64. The smallest absolute Gasteiger partial charge is 0.339 e. The third kappa shape index (κ3) is 5.45. The van der Waals surface area contributed by atoms with Gasteiger partial charge < -0.3 is 10.1 Å². The lowest BCUT2D eigenvalue weighted by molar-refractivity contribution is -0.124. The van der Waals surface area contributed by atoms with Crippen LogP contribution in [0.5, 0.6) is 0 Å². The summed E-state index contributed by atoms with van der Waals surface area (Å²) >= 11 is 0. The van der Waals surface area contributed by atoms with Crippen molar-refractivity contribution in [1.82, 2.24) is 5.32 Å². The topological polar surface area (TPSA) is 72.5 Å². The van der Waals surface area contributed by atoms with Crippen molar-refractivity contribution >= 4 is 17.7 Å². The second-order valence-corrected chi connectivity index (χ2v) is 7.45. The molecule has 0 aliphatic rings. The van der Waals surface area contributed by atoms with E-state index < -0.39 is 18.5 Å². The second-order valence-electron chi connectivity index (χ2n) is 7.45. The molecule has 3 rings (SSSR count). The van der Waals surface area contributed by atoms with Gasteiger partial charge in [-0.15, -0.1) is 0 Å². The van der Waals surface area contributed by atoms with Crippen molar-refractivity contribution in [2.24, 2.45) is 0 Å². The maximum absolute atomic E-state index is 12.8. The van der Waals surface area contributed by atoms with Crippen LogP contribution in [0.4, 0.5) is 0 Å². The summed E-state index contributed by atoms with van der Waals surface area (Å²) in [7, 11) is 0. The van der Waals surface area contributed by atoms with Crippen LogP contribution in [0.3, 0.4) is 0 Å². The molecule has 0 radical (unpaired) electrons. The van der Waals surface area contributed by atoms with Gasteiger partial charge in [-0.3, -0.25) is 9.59 Å². The fourth-order valence-corrected chi connectivity index (χ4v) is 3.21. The van der Waals surface area contributed by atoms with Crippen LogP contribution in [-0.2, 0) is 9.53 Å². The molecular formula is C26H25NO4. The van der Waals surface area contributed by atoms with Crippen molar-refractivity contribution in [1.29, 1.82) is 0 Å². The standard InChI is InChI=1S/C26H25NO4/c1-17-13-14-21(15-18(17)2)19(3)27-24(28)16-31-26(30)23-12-8-7-11-22(23)25(29)20-9-5-4-6-10-20/h4-15,19H,16H2,1-3H3,(H,27,28)/t19-/m1/s1. The normalized spacial score (nSPS) is 11.5. The minimum atomic E-state index is -0.714. The summed E-state index contributed by atoms with van der Waals surface area (Å²) in [6, 6.07) is 20.9. The number of esters is 1. The highest BCUT2D eigenvalue weighted by atomic mass is 16.5.